The van der Waals surface area contributed by atoms with Crippen molar-refractivity contribution in [2.45, 2.75) is 44.6 Å². The van der Waals surface area contributed by atoms with Crippen molar-refractivity contribution in [3.8, 4) is 0 Å². The molecule has 3 saturated carbocycles. The predicted octanol–water partition coefficient (Wildman–Crippen LogP) is 1.86. The van der Waals surface area contributed by atoms with Gasteiger partial charge in [-0.25, -0.2) is 0 Å². The molecule has 2 nitrogen and oxygen atoms in total. The normalized spacial score (nSPS) is 26.2. The van der Waals surface area contributed by atoms with Gasteiger partial charge in [0.05, 0.1) is 0 Å². The van der Waals surface area contributed by atoms with E-state index in [0.29, 0.717) is 0 Å². The molecule has 15 heavy (non-hydrogen) atoms. The lowest BCUT2D eigenvalue weighted by Crippen LogP contribution is -2.35. The van der Waals surface area contributed by atoms with Gasteiger partial charge in [0.25, 0.3) is 0 Å². The fourth-order valence-corrected chi connectivity index (χ4v) is 2.35. The van der Waals surface area contributed by atoms with E-state index in [9.17, 15) is 0 Å². The van der Waals surface area contributed by atoms with Gasteiger partial charge in [-0.2, -0.15) is 0 Å². The molecule has 0 aliphatic heterocycles. The average molecular weight is 208 g/mol. The first-order chi connectivity index (χ1) is 7.42. The maximum Gasteiger partial charge on any atom is 0.0110 e. The Morgan fingerprint density at radius 3 is 2.27 bits per heavy atom. The van der Waals surface area contributed by atoms with Gasteiger partial charge in [-0.15, -0.1) is 0 Å². The number of nitrogens with one attached hydrogen (secondary N) is 1. The zero-order valence-electron chi connectivity index (χ0n) is 9.75. The summed E-state index contributed by atoms with van der Waals surface area (Å²) in [6.45, 7) is 5.20. The molecule has 1 N–H and O–H groups in total. The number of hydrogen-bond acceptors (Lipinski definition) is 2. The summed E-state index contributed by atoms with van der Waals surface area (Å²) in [7, 11) is 0. The molecule has 3 rings (SSSR count). The molecule has 0 spiro atoms. The Balaban J connectivity index is 1.30. The Hall–Kier alpha value is -0.0800. The molecule has 3 fully saturated rings. The van der Waals surface area contributed by atoms with Gasteiger partial charge in [-0.3, -0.25) is 4.90 Å². The highest BCUT2D eigenvalue weighted by Gasteiger charge is 2.33. The lowest BCUT2D eigenvalue weighted by Gasteiger charge is -2.21. The molecule has 0 aromatic rings. The zero-order chi connectivity index (χ0) is 10.1. The summed E-state index contributed by atoms with van der Waals surface area (Å²) < 4.78 is 0. The molecular weight excluding hydrogens is 184 g/mol. The van der Waals surface area contributed by atoms with E-state index in [0.717, 1.165) is 17.9 Å². The second-order valence-electron chi connectivity index (χ2n) is 5.82. The fourth-order valence-electron chi connectivity index (χ4n) is 2.35. The first kappa shape index (κ1) is 10.1. The summed E-state index contributed by atoms with van der Waals surface area (Å²) in [6, 6.07) is 0.966. The second-order valence-corrected chi connectivity index (χ2v) is 5.82. The van der Waals surface area contributed by atoms with Crippen molar-refractivity contribution in [1.29, 1.82) is 0 Å². The van der Waals surface area contributed by atoms with Gasteiger partial charge in [-0.05, 0) is 56.9 Å². The van der Waals surface area contributed by atoms with E-state index in [1.54, 1.807) is 0 Å². The number of hydrogen-bond donors (Lipinski definition) is 1. The van der Waals surface area contributed by atoms with Crippen LogP contribution in [-0.2, 0) is 0 Å². The molecule has 3 aliphatic rings. The lowest BCUT2D eigenvalue weighted by atomic mass is 10.3. The van der Waals surface area contributed by atoms with E-state index in [4.69, 9.17) is 0 Å². The summed E-state index contributed by atoms with van der Waals surface area (Å²) in [6.07, 6.45) is 8.88. The molecule has 2 heteroatoms. The first-order valence-corrected chi connectivity index (χ1v) is 6.86. The van der Waals surface area contributed by atoms with Crippen LogP contribution >= 0.6 is 0 Å². The molecule has 0 radical (unpaired) electrons. The van der Waals surface area contributed by atoms with Gasteiger partial charge in [0.1, 0.15) is 0 Å². The molecule has 0 aromatic carbocycles. The van der Waals surface area contributed by atoms with Crippen molar-refractivity contribution in [2.24, 2.45) is 11.8 Å². The summed E-state index contributed by atoms with van der Waals surface area (Å²) in [5, 5.41) is 3.61. The molecule has 0 amide bonds. The third-order valence-electron chi connectivity index (χ3n) is 3.96. The van der Waals surface area contributed by atoms with Gasteiger partial charge >= 0.3 is 0 Å². The van der Waals surface area contributed by atoms with Crippen LogP contribution in [0.4, 0.5) is 0 Å². The minimum absolute atomic E-state index is 0.966. The maximum atomic E-state index is 3.61. The summed E-state index contributed by atoms with van der Waals surface area (Å²) >= 11 is 0. The van der Waals surface area contributed by atoms with E-state index in [1.165, 1.54) is 64.7 Å². The van der Waals surface area contributed by atoms with Crippen molar-refractivity contribution >= 4 is 0 Å². The van der Waals surface area contributed by atoms with Crippen LogP contribution in [0.15, 0.2) is 0 Å². The van der Waals surface area contributed by atoms with Crippen molar-refractivity contribution in [2.75, 3.05) is 26.2 Å². The zero-order valence-corrected chi connectivity index (χ0v) is 9.75. The topological polar surface area (TPSA) is 15.3 Å². The SMILES string of the molecule is C(CN(CC1CC1)C1CC1)NCC1CC1. The van der Waals surface area contributed by atoms with Crippen LogP contribution in [0.3, 0.4) is 0 Å². The highest BCUT2D eigenvalue weighted by molar-refractivity contribution is 4.88. The van der Waals surface area contributed by atoms with Crippen molar-refractivity contribution in [3.63, 3.8) is 0 Å². The van der Waals surface area contributed by atoms with E-state index in [-0.39, 0.29) is 0 Å². The standard InChI is InChI=1S/C13H24N2/c1-2-11(1)9-14-7-8-15(13-5-6-13)10-12-3-4-12/h11-14H,1-10H2. The highest BCUT2D eigenvalue weighted by Crippen LogP contribution is 2.34. The van der Waals surface area contributed by atoms with Gasteiger partial charge in [0.15, 0.2) is 0 Å². The van der Waals surface area contributed by atoms with Crippen molar-refractivity contribution in [1.82, 2.24) is 10.2 Å². The Labute approximate surface area is 93.4 Å². The van der Waals surface area contributed by atoms with Crippen molar-refractivity contribution in [3.05, 3.63) is 0 Å². The number of nitrogens with zero attached hydrogens (tertiary/aromatic N) is 1. The van der Waals surface area contributed by atoms with Gasteiger partial charge < -0.3 is 5.32 Å². The Bertz CT molecular complexity index is 205. The van der Waals surface area contributed by atoms with Gasteiger partial charge in [-0.1, -0.05) is 0 Å². The Kier molecular flexibility index (Phi) is 2.98. The summed E-state index contributed by atoms with van der Waals surface area (Å²) in [5.41, 5.74) is 0. The second kappa shape index (κ2) is 4.42. The van der Waals surface area contributed by atoms with Crippen LogP contribution in [0.5, 0.6) is 0 Å². The third kappa shape index (κ3) is 3.46. The lowest BCUT2D eigenvalue weighted by molar-refractivity contribution is 0.252. The van der Waals surface area contributed by atoms with Crippen LogP contribution in [-0.4, -0.2) is 37.1 Å². The average Bonchev–Trinajstić information content (AvgIpc) is 3.11. The first-order valence-electron chi connectivity index (χ1n) is 6.86. The van der Waals surface area contributed by atoms with E-state index in [1.807, 2.05) is 0 Å². The largest absolute Gasteiger partial charge is 0.315 e. The molecule has 0 atom stereocenters. The number of rotatable bonds is 8. The molecule has 3 aliphatic carbocycles. The minimum Gasteiger partial charge on any atom is -0.315 e. The monoisotopic (exact) mass is 208 g/mol. The molecule has 0 aromatic heterocycles. The van der Waals surface area contributed by atoms with E-state index < -0.39 is 0 Å². The molecule has 0 unspecified atom stereocenters. The summed E-state index contributed by atoms with van der Waals surface area (Å²) in [5.74, 6) is 2.09. The van der Waals surface area contributed by atoms with Crippen LogP contribution in [0.2, 0.25) is 0 Å². The Morgan fingerprint density at radius 2 is 1.67 bits per heavy atom. The molecule has 0 heterocycles. The van der Waals surface area contributed by atoms with Crippen molar-refractivity contribution < 1.29 is 0 Å². The van der Waals surface area contributed by atoms with E-state index >= 15 is 0 Å². The van der Waals surface area contributed by atoms with Crippen LogP contribution in [0, 0.1) is 11.8 Å². The maximum absolute atomic E-state index is 3.61. The Morgan fingerprint density at radius 1 is 0.933 bits per heavy atom. The summed E-state index contributed by atoms with van der Waals surface area (Å²) in [4.78, 5) is 2.75. The van der Waals surface area contributed by atoms with E-state index in [2.05, 4.69) is 10.2 Å². The van der Waals surface area contributed by atoms with Crippen LogP contribution in [0.1, 0.15) is 38.5 Å². The van der Waals surface area contributed by atoms with Gasteiger partial charge in [0.2, 0.25) is 0 Å². The molecule has 0 bridgehead atoms. The fraction of sp³-hybridized carbons (Fsp3) is 1.00. The quantitative estimate of drug-likeness (QED) is 0.613. The predicted molar refractivity (Wildman–Crippen MR) is 62.9 cm³/mol. The van der Waals surface area contributed by atoms with Gasteiger partial charge in [0, 0.05) is 25.7 Å². The smallest absolute Gasteiger partial charge is 0.0110 e. The highest BCUT2D eigenvalue weighted by atomic mass is 15.2. The molecular formula is C13H24N2. The molecule has 0 saturated heterocycles. The third-order valence-corrected chi connectivity index (χ3v) is 3.96. The minimum atomic E-state index is 0.966. The molecule has 86 valence electrons. The van der Waals surface area contributed by atoms with Crippen LogP contribution < -0.4 is 5.32 Å². The van der Waals surface area contributed by atoms with Crippen LogP contribution in [0.25, 0.3) is 0 Å².